The summed E-state index contributed by atoms with van der Waals surface area (Å²) in [5.41, 5.74) is 3.15. The molecular formula is C22H22Cl3N3O3. The normalized spacial score (nSPS) is 14.4. The third-order valence-corrected chi connectivity index (χ3v) is 6.32. The highest BCUT2D eigenvalue weighted by atomic mass is 35.5. The Labute approximate surface area is 195 Å². The molecule has 0 bridgehead atoms. The number of imidazole rings is 1. The minimum absolute atomic E-state index is 0.263. The summed E-state index contributed by atoms with van der Waals surface area (Å²) in [6, 6.07) is 7.01. The Kier molecular flexibility index (Phi) is 5.99. The van der Waals surface area contributed by atoms with Crippen LogP contribution in [0.3, 0.4) is 0 Å². The van der Waals surface area contributed by atoms with E-state index >= 15 is 0 Å². The zero-order valence-corrected chi connectivity index (χ0v) is 19.6. The van der Waals surface area contributed by atoms with E-state index in [9.17, 15) is 9.90 Å². The summed E-state index contributed by atoms with van der Waals surface area (Å²) in [5.74, 6) is 0.274. The maximum atomic E-state index is 11.2. The number of hydrogen-bond donors (Lipinski definition) is 1. The SMILES string of the molecule is Cc1c(CC(C)C)nc(-c2ccc(Cl)o2)n1-c1c(Cl)ccc(N2CC(C(=O)O)C2)c1Cl. The second kappa shape index (κ2) is 8.41. The molecule has 0 saturated carbocycles. The molecule has 9 heteroatoms. The van der Waals surface area contributed by atoms with Crippen molar-refractivity contribution in [3.8, 4) is 17.3 Å². The lowest BCUT2D eigenvalue weighted by molar-refractivity contribution is -0.142. The molecule has 1 aliphatic rings. The molecule has 3 aromatic rings. The molecule has 0 atom stereocenters. The molecule has 3 heterocycles. The molecule has 0 aliphatic carbocycles. The van der Waals surface area contributed by atoms with Gasteiger partial charge in [0.2, 0.25) is 0 Å². The van der Waals surface area contributed by atoms with Crippen LogP contribution in [0.2, 0.25) is 15.3 Å². The summed E-state index contributed by atoms with van der Waals surface area (Å²) in [4.78, 5) is 18.0. The van der Waals surface area contributed by atoms with E-state index in [0.717, 1.165) is 23.5 Å². The molecule has 164 valence electrons. The molecule has 2 aromatic heterocycles. The Morgan fingerprint density at radius 2 is 1.94 bits per heavy atom. The van der Waals surface area contributed by atoms with E-state index in [-0.39, 0.29) is 5.22 Å². The van der Waals surface area contributed by atoms with Crippen LogP contribution in [0.4, 0.5) is 5.69 Å². The summed E-state index contributed by atoms with van der Waals surface area (Å²) in [5, 5.41) is 10.4. The molecule has 1 fully saturated rings. The van der Waals surface area contributed by atoms with Gasteiger partial charge in [0.25, 0.3) is 0 Å². The standard InChI is InChI=1S/C22H22Cl3N3O3/c1-11(2)8-15-12(3)28(21(26-15)17-6-7-18(24)31-17)20-14(23)4-5-16(19(20)25)27-9-13(10-27)22(29)30/h4-7,11,13H,8-10H2,1-3H3,(H,29,30). The molecular weight excluding hydrogens is 461 g/mol. The van der Waals surface area contributed by atoms with Gasteiger partial charge in [-0.3, -0.25) is 9.36 Å². The Morgan fingerprint density at radius 3 is 2.52 bits per heavy atom. The highest BCUT2D eigenvalue weighted by Gasteiger charge is 2.35. The third kappa shape index (κ3) is 4.04. The minimum Gasteiger partial charge on any atom is -0.481 e. The summed E-state index contributed by atoms with van der Waals surface area (Å²) >= 11 is 19.5. The second-order valence-corrected chi connectivity index (χ2v) is 9.33. The van der Waals surface area contributed by atoms with Crippen molar-refractivity contribution in [3.05, 3.63) is 50.9 Å². The number of halogens is 3. The Hall–Kier alpha value is -2.15. The van der Waals surface area contributed by atoms with Gasteiger partial charge in [-0.2, -0.15) is 0 Å². The lowest BCUT2D eigenvalue weighted by Gasteiger charge is -2.39. The number of hydrogen-bond acceptors (Lipinski definition) is 4. The monoisotopic (exact) mass is 481 g/mol. The van der Waals surface area contributed by atoms with Gasteiger partial charge in [-0.15, -0.1) is 0 Å². The fourth-order valence-electron chi connectivity index (χ4n) is 3.81. The first-order valence-corrected chi connectivity index (χ1v) is 11.1. The molecule has 0 unspecified atom stereocenters. The summed E-state index contributed by atoms with van der Waals surface area (Å²) in [6.07, 6.45) is 0.779. The predicted molar refractivity (Wildman–Crippen MR) is 123 cm³/mol. The average Bonchev–Trinajstić information content (AvgIpc) is 3.20. The number of carboxylic acids is 1. The third-order valence-electron chi connectivity index (χ3n) is 5.44. The van der Waals surface area contributed by atoms with Crippen molar-refractivity contribution >= 4 is 46.5 Å². The van der Waals surface area contributed by atoms with Crippen molar-refractivity contribution in [3.63, 3.8) is 0 Å². The molecule has 1 aliphatic heterocycles. The van der Waals surface area contributed by atoms with Gasteiger partial charge in [0.05, 0.1) is 33.0 Å². The lowest BCUT2D eigenvalue weighted by Crippen LogP contribution is -2.50. The maximum Gasteiger partial charge on any atom is 0.310 e. The van der Waals surface area contributed by atoms with Gasteiger partial charge in [0, 0.05) is 18.8 Å². The number of benzene rings is 1. The van der Waals surface area contributed by atoms with E-state index in [1.54, 1.807) is 18.2 Å². The van der Waals surface area contributed by atoms with Gasteiger partial charge in [-0.25, -0.2) is 4.98 Å². The van der Waals surface area contributed by atoms with Crippen LogP contribution in [0.15, 0.2) is 28.7 Å². The summed E-state index contributed by atoms with van der Waals surface area (Å²) in [7, 11) is 0. The first-order valence-electron chi connectivity index (χ1n) is 9.97. The maximum absolute atomic E-state index is 11.2. The van der Waals surface area contributed by atoms with Crippen LogP contribution in [0.5, 0.6) is 0 Å². The quantitative estimate of drug-likeness (QED) is 0.458. The fourth-order valence-corrected chi connectivity index (χ4v) is 4.62. The van der Waals surface area contributed by atoms with E-state index < -0.39 is 11.9 Å². The number of aliphatic carboxylic acids is 1. The number of carbonyl (C=O) groups is 1. The zero-order chi connectivity index (χ0) is 22.4. The van der Waals surface area contributed by atoms with Crippen molar-refractivity contribution in [1.82, 2.24) is 9.55 Å². The molecule has 1 aromatic carbocycles. The molecule has 1 saturated heterocycles. The van der Waals surface area contributed by atoms with E-state index in [0.29, 0.717) is 46.3 Å². The highest BCUT2D eigenvalue weighted by Crippen LogP contribution is 2.42. The van der Waals surface area contributed by atoms with Gasteiger partial charge in [0.1, 0.15) is 0 Å². The van der Waals surface area contributed by atoms with Crippen LogP contribution < -0.4 is 4.90 Å². The van der Waals surface area contributed by atoms with Crippen LogP contribution in [0.25, 0.3) is 17.3 Å². The van der Waals surface area contributed by atoms with E-state index in [1.165, 1.54) is 0 Å². The number of carboxylic acid groups (broad SMARTS) is 1. The smallest absolute Gasteiger partial charge is 0.310 e. The first-order chi connectivity index (χ1) is 14.7. The Morgan fingerprint density at radius 1 is 1.23 bits per heavy atom. The number of aromatic nitrogens is 2. The first kappa shape index (κ1) is 22.1. The van der Waals surface area contributed by atoms with Gasteiger partial charge in [-0.05, 0) is 55.1 Å². The number of nitrogens with zero attached hydrogens (tertiary/aromatic N) is 3. The van der Waals surface area contributed by atoms with Crippen molar-refractivity contribution in [2.45, 2.75) is 27.2 Å². The van der Waals surface area contributed by atoms with E-state index in [4.69, 9.17) is 44.2 Å². The van der Waals surface area contributed by atoms with Crippen LogP contribution >= 0.6 is 34.8 Å². The van der Waals surface area contributed by atoms with E-state index in [2.05, 4.69) is 13.8 Å². The van der Waals surface area contributed by atoms with Crippen molar-refractivity contribution < 1.29 is 14.3 Å². The fraction of sp³-hybridized carbons (Fsp3) is 0.364. The Bertz CT molecular complexity index is 1150. The molecule has 0 spiro atoms. The molecule has 4 rings (SSSR count). The Balaban J connectivity index is 1.86. The number of rotatable bonds is 6. The van der Waals surface area contributed by atoms with E-state index in [1.807, 2.05) is 22.5 Å². The lowest BCUT2D eigenvalue weighted by atomic mass is 9.99. The zero-order valence-electron chi connectivity index (χ0n) is 17.3. The largest absolute Gasteiger partial charge is 0.481 e. The van der Waals surface area contributed by atoms with Crippen molar-refractivity contribution in [1.29, 1.82) is 0 Å². The van der Waals surface area contributed by atoms with Crippen LogP contribution in [0, 0.1) is 18.8 Å². The van der Waals surface area contributed by atoms with Crippen LogP contribution in [-0.4, -0.2) is 33.7 Å². The second-order valence-electron chi connectivity index (χ2n) is 8.17. The molecule has 1 N–H and O–H groups in total. The topological polar surface area (TPSA) is 71.5 Å². The number of furan rings is 1. The number of anilines is 1. The van der Waals surface area contributed by atoms with Gasteiger partial charge in [0.15, 0.2) is 16.8 Å². The van der Waals surface area contributed by atoms with Crippen molar-refractivity contribution in [2.24, 2.45) is 11.8 Å². The average molecular weight is 483 g/mol. The predicted octanol–water partition coefficient (Wildman–Crippen LogP) is 6.12. The van der Waals surface area contributed by atoms with Crippen LogP contribution in [0.1, 0.15) is 25.2 Å². The molecule has 31 heavy (non-hydrogen) atoms. The summed E-state index contributed by atoms with van der Waals surface area (Å²) < 4.78 is 7.55. The highest BCUT2D eigenvalue weighted by molar-refractivity contribution is 6.39. The molecule has 0 amide bonds. The molecule has 6 nitrogen and oxygen atoms in total. The van der Waals surface area contributed by atoms with Gasteiger partial charge < -0.3 is 14.4 Å². The van der Waals surface area contributed by atoms with Gasteiger partial charge >= 0.3 is 5.97 Å². The van der Waals surface area contributed by atoms with Crippen molar-refractivity contribution in [2.75, 3.05) is 18.0 Å². The minimum atomic E-state index is -0.803. The summed E-state index contributed by atoms with van der Waals surface area (Å²) in [6.45, 7) is 7.04. The molecule has 0 radical (unpaired) electrons. The van der Waals surface area contributed by atoms with Crippen LogP contribution in [-0.2, 0) is 11.2 Å². The van der Waals surface area contributed by atoms with Gasteiger partial charge in [-0.1, -0.05) is 37.0 Å².